The largest absolute Gasteiger partial charge is 0.439 e. The van der Waals surface area contributed by atoms with Gasteiger partial charge in [-0.2, -0.15) is 10.2 Å². The normalized spacial score (nSPS) is 11.2. The molecule has 0 radical (unpaired) electrons. The maximum Gasteiger partial charge on any atom is 0.328 e. The molecule has 0 amide bonds. The van der Waals surface area contributed by atoms with E-state index in [0.717, 1.165) is 27.8 Å². The zero-order valence-electron chi connectivity index (χ0n) is 27.9. The Morgan fingerprint density at radius 1 is 0.714 bits per heavy atom. The standard InChI is InChI=1S/C19H20Cl2N4O3.C15H17Cl3N2O/c1-4-15-16(10-24-17(26)5-6-22-19(24)27)23-25(11(2)3)18(15)28-14-8-12(20)7-13(21)9-14;1-4-13-14(8-16)19-20(9(2)3)15(13)21-12-6-10(17)5-11(18)7-12/h5-9,11H,4,10H2,1-3H3,(H,22,27);5-7,9H,4,8H2,1-3H3. The minimum atomic E-state index is -0.488. The zero-order chi connectivity index (χ0) is 36.0. The van der Waals surface area contributed by atoms with E-state index >= 15 is 0 Å². The van der Waals surface area contributed by atoms with Gasteiger partial charge in [-0.1, -0.05) is 60.3 Å². The van der Waals surface area contributed by atoms with E-state index in [9.17, 15) is 9.59 Å². The number of aromatic amines is 1. The summed E-state index contributed by atoms with van der Waals surface area (Å²) < 4.78 is 16.8. The summed E-state index contributed by atoms with van der Waals surface area (Å²) in [5.74, 6) is 2.66. The Bertz CT molecular complexity index is 1960. The fraction of sp³-hybridized carbons (Fsp3) is 0.353. The first-order chi connectivity index (χ1) is 23.3. The Morgan fingerprint density at radius 3 is 1.53 bits per heavy atom. The van der Waals surface area contributed by atoms with Crippen LogP contribution >= 0.6 is 58.0 Å². The predicted molar refractivity (Wildman–Crippen MR) is 197 cm³/mol. The summed E-state index contributed by atoms with van der Waals surface area (Å²) in [5, 5.41) is 11.1. The number of benzene rings is 2. The van der Waals surface area contributed by atoms with E-state index in [1.54, 1.807) is 41.1 Å². The average Bonchev–Trinajstić information content (AvgIpc) is 3.55. The second kappa shape index (κ2) is 17.0. The summed E-state index contributed by atoms with van der Waals surface area (Å²) in [4.78, 5) is 26.6. The van der Waals surface area contributed by atoms with Crippen LogP contribution in [0.4, 0.5) is 0 Å². The molecule has 0 saturated heterocycles. The predicted octanol–water partition coefficient (Wildman–Crippen LogP) is 9.89. The molecule has 5 rings (SSSR count). The molecule has 1 N–H and O–H groups in total. The van der Waals surface area contributed by atoms with Crippen LogP contribution in [0, 0.1) is 0 Å². The molecule has 0 unspecified atom stereocenters. The van der Waals surface area contributed by atoms with Gasteiger partial charge in [0.05, 0.1) is 35.9 Å². The molecule has 0 aliphatic heterocycles. The highest BCUT2D eigenvalue weighted by Gasteiger charge is 2.22. The van der Waals surface area contributed by atoms with Gasteiger partial charge >= 0.3 is 5.69 Å². The second-order valence-corrected chi connectivity index (χ2v) is 13.5. The first kappa shape index (κ1) is 38.4. The van der Waals surface area contributed by atoms with E-state index in [2.05, 4.69) is 22.1 Å². The Balaban J connectivity index is 0.000000230. The number of hydrogen-bond acceptors (Lipinski definition) is 6. The van der Waals surface area contributed by atoms with Crippen LogP contribution in [0.5, 0.6) is 23.3 Å². The fourth-order valence-corrected chi connectivity index (χ4v) is 6.23. The molecule has 0 spiro atoms. The molecule has 0 saturated carbocycles. The van der Waals surface area contributed by atoms with Crippen LogP contribution in [-0.2, 0) is 25.3 Å². The van der Waals surface area contributed by atoms with Crippen LogP contribution in [0.1, 0.15) is 76.1 Å². The fourth-order valence-electron chi connectivity index (χ4n) is 5.01. The second-order valence-electron chi connectivity index (χ2n) is 11.5. The van der Waals surface area contributed by atoms with Crippen LogP contribution in [0.3, 0.4) is 0 Å². The van der Waals surface area contributed by atoms with E-state index in [-0.39, 0.29) is 18.6 Å². The van der Waals surface area contributed by atoms with Crippen molar-refractivity contribution in [3.63, 3.8) is 0 Å². The Kier molecular flexibility index (Phi) is 13.3. The summed E-state index contributed by atoms with van der Waals surface area (Å²) in [6, 6.07) is 11.5. The molecule has 10 nitrogen and oxygen atoms in total. The number of halogens is 5. The monoisotopic (exact) mass is 768 g/mol. The lowest BCUT2D eigenvalue weighted by atomic mass is 10.2. The number of nitrogens with zero attached hydrogens (tertiary/aromatic N) is 5. The van der Waals surface area contributed by atoms with E-state index in [1.165, 1.54) is 12.3 Å². The lowest BCUT2D eigenvalue weighted by Crippen LogP contribution is -2.34. The summed E-state index contributed by atoms with van der Waals surface area (Å²) in [5.41, 5.74) is 2.37. The van der Waals surface area contributed by atoms with Crippen molar-refractivity contribution in [1.29, 1.82) is 0 Å². The Labute approximate surface area is 309 Å². The van der Waals surface area contributed by atoms with Gasteiger partial charge in [-0.25, -0.2) is 14.2 Å². The van der Waals surface area contributed by atoms with Crippen LogP contribution in [0.25, 0.3) is 0 Å². The number of rotatable bonds is 11. The molecule has 3 heterocycles. The van der Waals surface area contributed by atoms with Gasteiger partial charge in [0.25, 0.3) is 5.56 Å². The summed E-state index contributed by atoms with van der Waals surface area (Å²) in [6.07, 6.45) is 2.72. The molecule has 49 heavy (non-hydrogen) atoms. The van der Waals surface area contributed by atoms with Crippen molar-refractivity contribution in [2.45, 2.75) is 78.9 Å². The van der Waals surface area contributed by atoms with Crippen molar-refractivity contribution < 1.29 is 9.47 Å². The minimum absolute atomic E-state index is 0.00511. The van der Waals surface area contributed by atoms with Gasteiger partial charge in [0.2, 0.25) is 11.8 Å². The third-order valence-corrected chi connectivity index (χ3v) is 8.38. The van der Waals surface area contributed by atoms with Gasteiger partial charge in [0.1, 0.15) is 11.5 Å². The number of ether oxygens (including phenoxy) is 2. The van der Waals surface area contributed by atoms with Gasteiger partial charge < -0.3 is 14.5 Å². The van der Waals surface area contributed by atoms with Gasteiger partial charge in [-0.3, -0.25) is 9.36 Å². The highest BCUT2D eigenvalue weighted by atomic mass is 35.5. The molecular weight excluding hydrogens is 734 g/mol. The van der Waals surface area contributed by atoms with Crippen molar-refractivity contribution in [3.05, 3.63) is 112 Å². The Morgan fingerprint density at radius 2 is 1.14 bits per heavy atom. The number of hydrogen-bond donors (Lipinski definition) is 1. The minimum Gasteiger partial charge on any atom is -0.439 e. The van der Waals surface area contributed by atoms with E-state index in [1.807, 2.05) is 39.3 Å². The number of H-pyrrole nitrogens is 1. The van der Waals surface area contributed by atoms with Crippen molar-refractivity contribution in [2.24, 2.45) is 0 Å². The van der Waals surface area contributed by atoms with Crippen LogP contribution in [0.2, 0.25) is 20.1 Å². The van der Waals surface area contributed by atoms with Gasteiger partial charge in [-0.05, 0) is 76.9 Å². The summed E-state index contributed by atoms with van der Waals surface area (Å²) >= 11 is 30.2. The molecule has 2 aromatic carbocycles. The SMILES string of the molecule is CCc1c(CCl)nn(C(C)C)c1Oc1cc(Cl)cc(Cl)c1.CCc1c(Cn2c(=O)cc[nH]c2=O)nn(C(C)C)c1Oc1cc(Cl)cc(Cl)c1. The lowest BCUT2D eigenvalue weighted by molar-refractivity contribution is 0.384. The molecule has 0 aliphatic rings. The van der Waals surface area contributed by atoms with E-state index in [0.29, 0.717) is 61.3 Å². The zero-order valence-corrected chi connectivity index (χ0v) is 31.6. The molecule has 3 aromatic heterocycles. The van der Waals surface area contributed by atoms with Gasteiger partial charge in [0.15, 0.2) is 0 Å². The van der Waals surface area contributed by atoms with E-state index < -0.39 is 11.2 Å². The highest BCUT2D eigenvalue weighted by molar-refractivity contribution is 6.35. The Hall–Kier alpha value is -3.41. The molecule has 15 heteroatoms. The van der Waals surface area contributed by atoms with Crippen molar-refractivity contribution in [3.8, 4) is 23.3 Å². The topological polar surface area (TPSA) is 109 Å². The van der Waals surface area contributed by atoms with E-state index in [4.69, 9.17) is 67.5 Å². The lowest BCUT2D eigenvalue weighted by Gasteiger charge is -2.13. The number of alkyl halides is 1. The summed E-state index contributed by atoms with van der Waals surface area (Å²) in [7, 11) is 0. The molecule has 0 aliphatic carbocycles. The molecule has 0 bridgehead atoms. The third-order valence-electron chi connectivity index (χ3n) is 7.25. The third kappa shape index (κ3) is 9.43. The first-order valence-electron chi connectivity index (χ1n) is 15.6. The smallest absolute Gasteiger partial charge is 0.328 e. The van der Waals surface area contributed by atoms with Gasteiger partial charge in [0, 0.05) is 43.5 Å². The first-order valence-corrected chi connectivity index (χ1v) is 17.6. The number of aromatic nitrogens is 6. The number of nitrogens with one attached hydrogen (secondary N) is 1. The molecule has 0 atom stereocenters. The van der Waals surface area contributed by atoms with Crippen molar-refractivity contribution in [1.82, 2.24) is 29.1 Å². The van der Waals surface area contributed by atoms with Gasteiger partial charge in [-0.15, -0.1) is 11.6 Å². The highest BCUT2D eigenvalue weighted by Crippen LogP contribution is 2.35. The van der Waals surface area contributed by atoms with Crippen LogP contribution in [0.15, 0.2) is 58.3 Å². The maximum atomic E-state index is 12.1. The quantitative estimate of drug-likeness (QED) is 0.134. The van der Waals surface area contributed by atoms with Crippen molar-refractivity contribution >= 4 is 58.0 Å². The molecular formula is C34H37Cl5N6O4. The van der Waals surface area contributed by atoms with Crippen LogP contribution < -0.4 is 20.7 Å². The van der Waals surface area contributed by atoms with Crippen LogP contribution in [-0.4, -0.2) is 29.1 Å². The molecule has 5 aromatic rings. The maximum absolute atomic E-state index is 12.1. The average molecular weight is 771 g/mol. The molecule has 262 valence electrons. The molecule has 0 fully saturated rings. The van der Waals surface area contributed by atoms with Crippen molar-refractivity contribution in [2.75, 3.05) is 0 Å². The summed E-state index contributed by atoms with van der Waals surface area (Å²) in [6.45, 7) is 12.1.